The Hall–Kier alpha value is 0.300. The van der Waals surface area contributed by atoms with Gasteiger partial charge in [0.05, 0.1) is 12.3 Å². The van der Waals surface area contributed by atoms with E-state index in [1.54, 1.807) is 6.92 Å². The molecule has 1 heterocycles. The van der Waals surface area contributed by atoms with E-state index in [0.29, 0.717) is 11.3 Å². The van der Waals surface area contributed by atoms with Crippen LogP contribution in [0.25, 0.3) is 0 Å². The van der Waals surface area contributed by atoms with E-state index < -0.39 is 9.84 Å². The highest BCUT2D eigenvalue weighted by molar-refractivity contribution is 14.0. The number of guanidine groups is 1. The first-order valence-electron chi connectivity index (χ1n) is 8.88. The Morgan fingerprint density at radius 2 is 1.96 bits per heavy atom. The molecule has 2 rings (SSSR count). The smallest absolute Gasteiger partial charge is 0.194 e. The summed E-state index contributed by atoms with van der Waals surface area (Å²) in [6.45, 7) is 6.97. The van der Waals surface area contributed by atoms with Gasteiger partial charge in [-0.15, -0.1) is 24.0 Å². The van der Waals surface area contributed by atoms with Crippen LogP contribution in [-0.4, -0.2) is 67.5 Å². The van der Waals surface area contributed by atoms with Crippen LogP contribution < -0.4 is 5.32 Å². The number of thioether (sulfide) groups is 1. The second kappa shape index (κ2) is 10.4. The molecule has 0 unspecified atom stereocenters. The average Bonchev–Trinajstić information content (AvgIpc) is 2.55. The van der Waals surface area contributed by atoms with Crippen molar-refractivity contribution in [3.63, 3.8) is 0 Å². The third-order valence-corrected chi connectivity index (χ3v) is 7.97. The first-order chi connectivity index (χ1) is 11.0. The summed E-state index contributed by atoms with van der Waals surface area (Å²) in [5.74, 6) is 2.37. The monoisotopic (exact) mass is 489 g/mol. The summed E-state index contributed by atoms with van der Waals surface area (Å²) in [6.07, 6.45) is 6.65. The molecule has 142 valence electrons. The van der Waals surface area contributed by atoms with Crippen LogP contribution in [-0.2, 0) is 9.84 Å². The van der Waals surface area contributed by atoms with Crippen LogP contribution in [0.5, 0.6) is 0 Å². The molecule has 1 aliphatic carbocycles. The van der Waals surface area contributed by atoms with Gasteiger partial charge in [0.2, 0.25) is 0 Å². The number of sulfone groups is 1. The Morgan fingerprint density at radius 3 is 2.58 bits per heavy atom. The van der Waals surface area contributed by atoms with E-state index in [0.717, 1.165) is 31.3 Å². The highest BCUT2D eigenvalue weighted by atomic mass is 127. The zero-order valence-corrected chi connectivity index (χ0v) is 18.9. The maximum atomic E-state index is 11.7. The maximum Gasteiger partial charge on any atom is 0.194 e. The molecule has 1 saturated heterocycles. The van der Waals surface area contributed by atoms with E-state index in [1.165, 1.54) is 32.1 Å². The molecule has 1 aliphatic heterocycles. The van der Waals surface area contributed by atoms with Gasteiger partial charge in [0.25, 0.3) is 0 Å². The van der Waals surface area contributed by atoms with Gasteiger partial charge in [-0.3, -0.25) is 4.99 Å². The fourth-order valence-corrected chi connectivity index (χ4v) is 5.61. The van der Waals surface area contributed by atoms with Gasteiger partial charge in [-0.05, 0) is 19.8 Å². The SMILES string of the molecule is CCNC(=NCCS(=O)(=O)CC)N1CCSC2(CCCCC2)C1.I. The van der Waals surface area contributed by atoms with Crippen molar-refractivity contribution in [3.05, 3.63) is 0 Å². The molecule has 1 spiro atoms. The summed E-state index contributed by atoms with van der Waals surface area (Å²) in [5.41, 5.74) is 0. The van der Waals surface area contributed by atoms with Crippen molar-refractivity contribution in [1.29, 1.82) is 0 Å². The third-order valence-electron chi connectivity index (χ3n) is 4.75. The Balaban J connectivity index is 0.00000288. The molecular weight excluding hydrogens is 457 g/mol. The minimum absolute atomic E-state index is 0. The number of halogens is 1. The standard InChI is InChI=1S/C16H31N3O2S2.HI/c1-3-17-15(18-10-13-23(20,21)4-2)19-11-12-22-16(14-19)8-6-5-7-9-16;/h3-14H2,1-2H3,(H,17,18);1H. The molecule has 0 aromatic rings. The average molecular weight is 489 g/mol. The lowest BCUT2D eigenvalue weighted by molar-refractivity contribution is 0.293. The minimum atomic E-state index is -2.95. The van der Waals surface area contributed by atoms with E-state index in [9.17, 15) is 8.42 Å². The van der Waals surface area contributed by atoms with Gasteiger partial charge in [0.15, 0.2) is 15.8 Å². The van der Waals surface area contributed by atoms with Crippen LogP contribution in [0.1, 0.15) is 46.0 Å². The highest BCUT2D eigenvalue weighted by Gasteiger charge is 2.38. The Labute approximate surface area is 168 Å². The molecule has 0 bridgehead atoms. The molecule has 1 saturated carbocycles. The van der Waals surface area contributed by atoms with E-state index in [-0.39, 0.29) is 35.5 Å². The predicted molar refractivity (Wildman–Crippen MR) is 116 cm³/mol. The molecular formula is C16H32IN3O2S2. The zero-order chi connectivity index (χ0) is 16.8. The topological polar surface area (TPSA) is 61.8 Å². The van der Waals surface area contributed by atoms with E-state index in [4.69, 9.17) is 0 Å². The van der Waals surface area contributed by atoms with Crippen molar-refractivity contribution in [2.24, 2.45) is 4.99 Å². The molecule has 8 heteroatoms. The molecule has 0 atom stereocenters. The van der Waals surface area contributed by atoms with Crippen LogP contribution in [0.15, 0.2) is 4.99 Å². The van der Waals surface area contributed by atoms with E-state index in [2.05, 4.69) is 33.9 Å². The van der Waals surface area contributed by atoms with Crippen LogP contribution in [0.2, 0.25) is 0 Å². The number of aliphatic imine (C=N–C) groups is 1. The number of hydrogen-bond acceptors (Lipinski definition) is 4. The van der Waals surface area contributed by atoms with Gasteiger partial charge in [0, 0.05) is 35.9 Å². The molecule has 0 aromatic heterocycles. The van der Waals surface area contributed by atoms with Crippen LogP contribution >= 0.6 is 35.7 Å². The van der Waals surface area contributed by atoms with Crippen LogP contribution in [0, 0.1) is 0 Å². The molecule has 2 fully saturated rings. The quantitative estimate of drug-likeness (QED) is 0.366. The second-order valence-corrected chi connectivity index (χ2v) is 10.5. The lowest BCUT2D eigenvalue weighted by atomic mass is 9.87. The van der Waals surface area contributed by atoms with Gasteiger partial charge >= 0.3 is 0 Å². The van der Waals surface area contributed by atoms with Crippen molar-refractivity contribution in [3.8, 4) is 0 Å². The molecule has 0 radical (unpaired) electrons. The number of hydrogen-bond donors (Lipinski definition) is 1. The highest BCUT2D eigenvalue weighted by Crippen LogP contribution is 2.42. The number of nitrogens with one attached hydrogen (secondary N) is 1. The van der Waals surface area contributed by atoms with Gasteiger partial charge in [-0.25, -0.2) is 8.42 Å². The Bertz CT molecular complexity index is 500. The van der Waals surface area contributed by atoms with E-state index >= 15 is 0 Å². The molecule has 0 aromatic carbocycles. The fraction of sp³-hybridized carbons (Fsp3) is 0.938. The second-order valence-electron chi connectivity index (χ2n) is 6.49. The first-order valence-corrected chi connectivity index (χ1v) is 11.7. The lowest BCUT2D eigenvalue weighted by Crippen LogP contribution is -2.53. The van der Waals surface area contributed by atoms with Gasteiger partial charge in [-0.1, -0.05) is 26.2 Å². The fourth-order valence-electron chi connectivity index (χ4n) is 3.39. The van der Waals surface area contributed by atoms with Crippen molar-refractivity contribution in [1.82, 2.24) is 10.2 Å². The number of nitrogens with zero attached hydrogens (tertiary/aromatic N) is 2. The molecule has 0 amide bonds. The summed E-state index contributed by atoms with van der Waals surface area (Å²) < 4.78 is 23.7. The van der Waals surface area contributed by atoms with Gasteiger partial charge < -0.3 is 10.2 Å². The Kier molecular flexibility index (Phi) is 9.73. The largest absolute Gasteiger partial charge is 0.357 e. The molecule has 2 aliphatic rings. The van der Waals surface area contributed by atoms with Crippen molar-refractivity contribution < 1.29 is 8.42 Å². The van der Waals surface area contributed by atoms with Gasteiger partial charge in [0.1, 0.15) is 0 Å². The van der Waals surface area contributed by atoms with Gasteiger partial charge in [-0.2, -0.15) is 11.8 Å². The van der Waals surface area contributed by atoms with Crippen molar-refractivity contribution in [2.45, 2.75) is 50.7 Å². The summed E-state index contributed by atoms with van der Waals surface area (Å²) in [5, 5.41) is 3.35. The summed E-state index contributed by atoms with van der Waals surface area (Å²) in [4.78, 5) is 6.94. The summed E-state index contributed by atoms with van der Waals surface area (Å²) in [6, 6.07) is 0. The maximum absolute atomic E-state index is 11.7. The predicted octanol–water partition coefficient (Wildman–Crippen LogP) is 2.76. The lowest BCUT2D eigenvalue weighted by Gasteiger charge is -2.45. The number of rotatable bonds is 5. The first kappa shape index (κ1) is 22.3. The normalized spacial score (nSPS) is 21.4. The summed E-state index contributed by atoms with van der Waals surface area (Å²) in [7, 11) is -2.95. The van der Waals surface area contributed by atoms with Crippen molar-refractivity contribution >= 4 is 51.5 Å². The van der Waals surface area contributed by atoms with Crippen molar-refractivity contribution in [2.75, 3.05) is 43.4 Å². The van der Waals surface area contributed by atoms with Crippen LogP contribution in [0.3, 0.4) is 0 Å². The Morgan fingerprint density at radius 1 is 1.25 bits per heavy atom. The molecule has 24 heavy (non-hydrogen) atoms. The molecule has 1 N–H and O–H groups in total. The third kappa shape index (κ3) is 6.55. The zero-order valence-electron chi connectivity index (χ0n) is 14.9. The summed E-state index contributed by atoms with van der Waals surface area (Å²) >= 11 is 2.14. The minimum Gasteiger partial charge on any atom is -0.357 e. The molecule has 5 nitrogen and oxygen atoms in total. The van der Waals surface area contributed by atoms with E-state index in [1.807, 2.05) is 0 Å². The van der Waals surface area contributed by atoms with Crippen LogP contribution in [0.4, 0.5) is 0 Å².